The van der Waals surface area contributed by atoms with E-state index < -0.39 is 29.6 Å². The molecule has 2 aromatic rings. The zero-order valence-electron chi connectivity index (χ0n) is 21.8. The van der Waals surface area contributed by atoms with E-state index in [0.29, 0.717) is 16.5 Å². The molecule has 0 radical (unpaired) electrons. The fourth-order valence-electron chi connectivity index (χ4n) is 6.74. The monoisotopic (exact) mass is 549 g/mol. The van der Waals surface area contributed by atoms with Gasteiger partial charge in [-0.15, -0.1) is 0 Å². The van der Waals surface area contributed by atoms with Gasteiger partial charge in [0.2, 0.25) is 17.7 Å². The molecule has 0 aromatic heterocycles. The topological polar surface area (TPSA) is 97.0 Å². The van der Waals surface area contributed by atoms with E-state index in [2.05, 4.69) is 10.6 Å². The molecule has 1 saturated carbocycles. The number of hydrogen-bond donors (Lipinski definition) is 2. The van der Waals surface area contributed by atoms with Crippen LogP contribution in [0.2, 0.25) is 5.02 Å². The molecular formula is C30H32ClN3O5. The molecule has 39 heavy (non-hydrogen) atoms. The van der Waals surface area contributed by atoms with Crippen LogP contribution in [0.1, 0.15) is 37.7 Å². The van der Waals surface area contributed by atoms with Gasteiger partial charge in [-0.25, -0.2) is 0 Å². The van der Waals surface area contributed by atoms with Crippen molar-refractivity contribution in [1.29, 1.82) is 0 Å². The molecule has 9 heteroatoms. The first kappa shape index (κ1) is 25.9. The summed E-state index contributed by atoms with van der Waals surface area (Å²) in [7, 11) is 1.58. The number of likely N-dealkylation sites (tertiary alicyclic amines) is 1. The summed E-state index contributed by atoms with van der Waals surface area (Å²) >= 11 is 6.00. The molecule has 2 saturated heterocycles. The Morgan fingerprint density at radius 3 is 2.56 bits per heavy atom. The molecule has 8 nitrogen and oxygen atoms in total. The number of para-hydroxylation sites is 1. The Balaban J connectivity index is 1.34. The summed E-state index contributed by atoms with van der Waals surface area (Å²) in [6.07, 6.45) is 8.20. The molecule has 2 N–H and O–H groups in total. The van der Waals surface area contributed by atoms with Gasteiger partial charge in [0.15, 0.2) is 0 Å². The zero-order valence-corrected chi connectivity index (χ0v) is 22.5. The lowest BCUT2D eigenvalue weighted by Crippen LogP contribution is -2.56. The van der Waals surface area contributed by atoms with E-state index in [1.807, 2.05) is 36.4 Å². The van der Waals surface area contributed by atoms with Crippen molar-refractivity contribution in [2.45, 2.75) is 62.4 Å². The highest BCUT2D eigenvalue weighted by molar-refractivity contribution is 6.30. The van der Waals surface area contributed by atoms with Crippen LogP contribution in [-0.4, -0.2) is 53.5 Å². The van der Waals surface area contributed by atoms with Crippen molar-refractivity contribution in [2.24, 2.45) is 11.8 Å². The number of carbonyl (C=O) groups excluding carboxylic acids is 3. The maximum absolute atomic E-state index is 14.2. The third kappa shape index (κ3) is 4.49. The summed E-state index contributed by atoms with van der Waals surface area (Å²) in [5, 5.41) is 6.69. The fourth-order valence-corrected chi connectivity index (χ4v) is 6.87. The number of rotatable bonds is 7. The number of benzene rings is 2. The molecule has 6 rings (SSSR count). The lowest BCUT2D eigenvalue weighted by Gasteiger charge is -2.34. The first-order valence-electron chi connectivity index (χ1n) is 13.6. The molecule has 1 spiro atoms. The van der Waals surface area contributed by atoms with Crippen molar-refractivity contribution < 1.29 is 23.9 Å². The van der Waals surface area contributed by atoms with Crippen molar-refractivity contribution in [2.75, 3.05) is 12.4 Å². The summed E-state index contributed by atoms with van der Waals surface area (Å²) < 4.78 is 12.0. The number of fused-ring (bicyclic) bond motifs is 1. The van der Waals surface area contributed by atoms with Crippen LogP contribution in [-0.2, 0) is 25.7 Å². The number of methoxy groups -OCH3 is 1. The average Bonchev–Trinajstić information content (AvgIpc) is 3.58. The molecule has 3 heterocycles. The third-order valence-corrected chi connectivity index (χ3v) is 8.77. The van der Waals surface area contributed by atoms with Crippen molar-refractivity contribution in [3.63, 3.8) is 0 Å². The van der Waals surface area contributed by atoms with Crippen LogP contribution in [0.5, 0.6) is 5.75 Å². The molecule has 5 atom stereocenters. The third-order valence-electron chi connectivity index (χ3n) is 8.52. The van der Waals surface area contributed by atoms with Gasteiger partial charge in [0.25, 0.3) is 0 Å². The van der Waals surface area contributed by atoms with Gasteiger partial charge in [-0.1, -0.05) is 61.2 Å². The van der Waals surface area contributed by atoms with E-state index in [1.54, 1.807) is 36.3 Å². The highest BCUT2D eigenvalue weighted by atomic mass is 35.5. The van der Waals surface area contributed by atoms with E-state index in [1.165, 1.54) is 0 Å². The second kappa shape index (κ2) is 10.3. The second-order valence-corrected chi connectivity index (χ2v) is 11.3. The SMILES string of the molecule is COc1ccccc1CN1C(=O)[C@@H]2[C@@H](C(=O)Nc3ccc(Cl)cc3)[C@@H]3C=C[C@@]2(O3)[C@@H]1C(=O)NC1CCCCC1. The number of carbonyl (C=O) groups is 3. The maximum atomic E-state index is 14.2. The molecule has 1 aliphatic carbocycles. The summed E-state index contributed by atoms with van der Waals surface area (Å²) in [4.78, 5) is 43.3. The maximum Gasteiger partial charge on any atom is 0.246 e. The molecule has 4 aliphatic rings. The molecule has 0 unspecified atom stereocenters. The van der Waals surface area contributed by atoms with Gasteiger partial charge in [0, 0.05) is 22.3 Å². The highest BCUT2D eigenvalue weighted by Crippen LogP contribution is 2.55. The summed E-state index contributed by atoms with van der Waals surface area (Å²) in [6.45, 7) is 0.164. The molecule has 204 valence electrons. The Morgan fingerprint density at radius 1 is 1.08 bits per heavy atom. The molecule has 3 fully saturated rings. The molecule has 2 bridgehead atoms. The second-order valence-electron chi connectivity index (χ2n) is 10.8. The van der Waals surface area contributed by atoms with Gasteiger partial charge in [-0.3, -0.25) is 14.4 Å². The van der Waals surface area contributed by atoms with E-state index in [9.17, 15) is 14.4 Å². The van der Waals surface area contributed by atoms with E-state index in [4.69, 9.17) is 21.1 Å². The predicted molar refractivity (Wildman–Crippen MR) is 146 cm³/mol. The number of anilines is 1. The Kier molecular flexibility index (Phi) is 6.85. The Bertz CT molecular complexity index is 1310. The van der Waals surface area contributed by atoms with Crippen molar-refractivity contribution in [1.82, 2.24) is 10.2 Å². The molecule has 3 amide bonds. The van der Waals surface area contributed by atoms with Gasteiger partial charge >= 0.3 is 0 Å². The fraction of sp³-hybridized carbons (Fsp3) is 0.433. The molecule has 2 aromatic carbocycles. The van der Waals surface area contributed by atoms with Gasteiger partial charge in [-0.2, -0.15) is 0 Å². The van der Waals surface area contributed by atoms with Gasteiger partial charge < -0.3 is 25.0 Å². The highest BCUT2D eigenvalue weighted by Gasteiger charge is 2.72. The van der Waals surface area contributed by atoms with Gasteiger partial charge in [0.1, 0.15) is 17.4 Å². The first-order chi connectivity index (χ1) is 18.9. The standard InChI is InChI=1S/C30H32ClN3O5/c1-38-22-10-6-5-7-18(22)17-34-26(28(36)33-20-8-3-2-4-9-20)30-16-15-23(39-30)24(25(30)29(34)37)27(35)32-21-13-11-19(31)12-14-21/h5-7,10-16,20,23-26H,2-4,8-9,17H2,1H3,(H,32,35)(H,33,36)/t23-,24-,25-,26-,30-/m0/s1. The van der Waals surface area contributed by atoms with Crippen molar-refractivity contribution in [3.05, 3.63) is 71.3 Å². The summed E-state index contributed by atoms with van der Waals surface area (Å²) in [5.74, 6) is -1.80. The van der Waals surface area contributed by atoms with Crippen molar-refractivity contribution in [3.8, 4) is 5.75 Å². The minimum Gasteiger partial charge on any atom is -0.496 e. The van der Waals surface area contributed by atoms with Crippen LogP contribution in [0.25, 0.3) is 0 Å². The van der Waals surface area contributed by atoms with Crippen molar-refractivity contribution >= 4 is 35.0 Å². The lowest BCUT2D eigenvalue weighted by atomic mass is 9.74. The van der Waals surface area contributed by atoms with E-state index in [-0.39, 0.29) is 30.3 Å². The van der Waals surface area contributed by atoms with Crippen LogP contribution in [0, 0.1) is 11.8 Å². The van der Waals surface area contributed by atoms with Gasteiger partial charge in [-0.05, 0) is 43.2 Å². The smallest absolute Gasteiger partial charge is 0.246 e. The number of nitrogens with one attached hydrogen (secondary N) is 2. The first-order valence-corrected chi connectivity index (χ1v) is 14.0. The summed E-state index contributed by atoms with van der Waals surface area (Å²) in [5.41, 5.74) is 0.138. The Labute approximate surface area is 232 Å². The molecular weight excluding hydrogens is 518 g/mol. The number of halogens is 1. The zero-order chi connectivity index (χ0) is 27.1. The number of hydrogen-bond acceptors (Lipinski definition) is 5. The van der Waals surface area contributed by atoms with Gasteiger partial charge in [0.05, 0.1) is 31.6 Å². The Hall–Kier alpha value is -3.36. The van der Waals surface area contributed by atoms with Crippen LogP contribution >= 0.6 is 11.6 Å². The minimum absolute atomic E-state index is 0.0662. The lowest BCUT2D eigenvalue weighted by molar-refractivity contribution is -0.142. The van der Waals surface area contributed by atoms with Crippen LogP contribution in [0.15, 0.2) is 60.7 Å². The largest absolute Gasteiger partial charge is 0.496 e. The van der Waals surface area contributed by atoms with Crippen LogP contribution < -0.4 is 15.4 Å². The van der Waals surface area contributed by atoms with Crippen LogP contribution in [0.4, 0.5) is 5.69 Å². The minimum atomic E-state index is -1.22. The quantitative estimate of drug-likeness (QED) is 0.507. The number of amides is 3. The average molecular weight is 550 g/mol. The normalized spacial score (nSPS) is 29.4. The molecule has 3 aliphatic heterocycles. The summed E-state index contributed by atoms with van der Waals surface area (Å²) in [6, 6.07) is 13.4. The number of nitrogens with zero attached hydrogens (tertiary/aromatic N) is 1. The van der Waals surface area contributed by atoms with E-state index in [0.717, 1.165) is 37.7 Å². The van der Waals surface area contributed by atoms with E-state index >= 15 is 0 Å². The number of ether oxygens (including phenoxy) is 2. The predicted octanol–water partition coefficient (Wildman–Crippen LogP) is 4.09. The Morgan fingerprint density at radius 2 is 1.82 bits per heavy atom. The van der Waals surface area contributed by atoms with Crippen LogP contribution in [0.3, 0.4) is 0 Å².